The number of carbonyl (C=O) groups is 1. The van der Waals surface area contributed by atoms with Crippen LogP contribution in [-0.2, 0) is 0 Å². The number of hydrogen-bond acceptors (Lipinski definition) is 5. The Hall–Kier alpha value is -3.13. The van der Waals surface area contributed by atoms with Crippen molar-refractivity contribution in [3.05, 3.63) is 42.4 Å². The number of rotatable bonds is 4. The molecule has 1 aromatic carbocycles. The number of imidazole rings is 1. The Labute approximate surface area is 156 Å². The molecule has 0 saturated carbocycles. The van der Waals surface area contributed by atoms with Gasteiger partial charge in [-0.1, -0.05) is 18.2 Å². The lowest BCUT2D eigenvalue weighted by atomic mass is 9.99. The van der Waals surface area contributed by atoms with Crippen LogP contribution in [0.15, 0.2) is 36.5 Å². The van der Waals surface area contributed by atoms with Crippen LogP contribution < -0.4 is 15.4 Å². The zero-order valence-electron chi connectivity index (χ0n) is 14.9. The first-order valence-electron chi connectivity index (χ1n) is 8.86. The minimum atomic E-state index is -0.993. The average molecular weight is 367 g/mol. The molecule has 0 spiro atoms. The molecule has 3 aromatic rings. The van der Waals surface area contributed by atoms with Crippen LogP contribution in [0.2, 0.25) is 0 Å². The highest BCUT2D eigenvalue weighted by Gasteiger charge is 2.26. The van der Waals surface area contributed by atoms with E-state index in [1.807, 2.05) is 30.3 Å². The van der Waals surface area contributed by atoms with Gasteiger partial charge in [-0.15, -0.1) is 0 Å². The molecule has 1 amide bonds. The molecule has 4 N–H and O–H groups in total. The van der Waals surface area contributed by atoms with Crippen LogP contribution in [0.25, 0.3) is 22.2 Å². The summed E-state index contributed by atoms with van der Waals surface area (Å²) in [4.78, 5) is 23.3. The maximum Gasteiger partial charge on any atom is 0.404 e. The Morgan fingerprint density at radius 1 is 1.37 bits per heavy atom. The Morgan fingerprint density at radius 2 is 2.22 bits per heavy atom. The summed E-state index contributed by atoms with van der Waals surface area (Å²) in [6, 6.07) is 9.78. The van der Waals surface area contributed by atoms with Gasteiger partial charge >= 0.3 is 6.09 Å². The van der Waals surface area contributed by atoms with Gasteiger partial charge in [0.1, 0.15) is 5.82 Å². The maximum absolute atomic E-state index is 10.9. The van der Waals surface area contributed by atoms with Gasteiger partial charge in [-0.25, -0.2) is 14.8 Å². The van der Waals surface area contributed by atoms with Crippen molar-refractivity contribution in [1.82, 2.24) is 25.6 Å². The molecular formula is C19H21N5O3. The average Bonchev–Trinajstić information content (AvgIpc) is 3.16. The van der Waals surface area contributed by atoms with Crippen molar-refractivity contribution in [2.45, 2.75) is 24.9 Å². The zero-order chi connectivity index (χ0) is 18.8. The molecule has 27 heavy (non-hydrogen) atoms. The molecule has 2 aromatic heterocycles. The predicted molar refractivity (Wildman–Crippen MR) is 101 cm³/mol. The molecular weight excluding hydrogens is 346 g/mol. The predicted octanol–water partition coefficient (Wildman–Crippen LogP) is 2.69. The Morgan fingerprint density at radius 3 is 3.04 bits per heavy atom. The van der Waals surface area contributed by atoms with E-state index in [1.54, 1.807) is 13.3 Å². The first-order valence-corrected chi connectivity index (χ1v) is 8.86. The number of nitrogens with zero attached hydrogens (tertiary/aromatic N) is 2. The van der Waals surface area contributed by atoms with Crippen molar-refractivity contribution in [2.75, 3.05) is 13.7 Å². The summed E-state index contributed by atoms with van der Waals surface area (Å²) in [6.07, 6.45) is 2.18. The smallest absolute Gasteiger partial charge is 0.404 e. The fourth-order valence-electron chi connectivity index (χ4n) is 3.53. The van der Waals surface area contributed by atoms with E-state index >= 15 is 0 Å². The summed E-state index contributed by atoms with van der Waals surface area (Å²) in [7, 11) is 1.60. The van der Waals surface area contributed by atoms with E-state index in [-0.39, 0.29) is 12.1 Å². The number of fused-ring (bicyclic) bond motifs is 1. The minimum absolute atomic E-state index is 0.0382. The number of nitrogens with one attached hydrogen (secondary N) is 3. The van der Waals surface area contributed by atoms with Gasteiger partial charge in [0, 0.05) is 11.4 Å². The van der Waals surface area contributed by atoms with Crippen LogP contribution in [0, 0.1) is 0 Å². The van der Waals surface area contributed by atoms with E-state index in [9.17, 15) is 4.79 Å². The molecule has 0 radical (unpaired) electrons. The summed E-state index contributed by atoms with van der Waals surface area (Å²) in [6.45, 7) is 0.729. The van der Waals surface area contributed by atoms with Gasteiger partial charge in [0.2, 0.25) is 5.88 Å². The van der Waals surface area contributed by atoms with Crippen molar-refractivity contribution in [3.63, 3.8) is 0 Å². The number of hydrogen-bond donors (Lipinski definition) is 4. The number of amides is 1. The van der Waals surface area contributed by atoms with Crippen LogP contribution in [0.1, 0.15) is 24.7 Å². The van der Waals surface area contributed by atoms with Crippen LogP contribution in [0.5, 0.6) is 5.88 Å². The highest BCUT2D eigenvalue weighted by Crippen LogP contribution is 2.32. The zero-order valence-corrected chi connectivity index (χ0v) is 14.9. The van der Waals surface area contributed by atoms with Crippen LogP contribution in [0.4, 0.5) is 4.79 Å². The SMILES string of the molecule is COc1nc2ccccc2cc1-c1cnc([C@@H]2CC(NC(=O)O)CCN2)[nH]1. The van der Waals surface area contributed by atoms with Crippen LogP contribution in [-0.4, -0.2) is 45.8 Å². The highest BCUT2D eigenvalue weighted by molar-refractivity contribution is 5.85. The van der Waals surface area contributed by atoms with Crippen molar-refractivity contribution in [1.29, 1.82) is 0 Å². The normalized spacial score (nSPS) is 19.7. The number of benzene rings is 1. The summed E-state index contributed by atoms with van der Waals surface area (Å²) in [5, 5.41) is 15.9. The number of ether oxygens (including phenoxy) is 1. The Bertz CT molecular complexity index is 971. The van der Waals surface area contributed by atoms with Gasteiger partial charge in [0.05, 0.1) is 36.1 Å². The quantitative estimate of drug-likeness (QED) is 0.564. The number of carboxylic acid groups (broad SMARTS) is 1. The molecule has 0 aliphatic carbocycles. The Balaban J connectivity index is 1.62. The topological polar surface area (TPSA) is 112 Å². The van der Waals surface area contributed by atoms with E-state index in [0.717, 1.165) is 41.0 Å². The summed E-state index contributed by atoms with van der Waals surface area (Å²) in [5.74, 6) is 1.31. The van der Waals surface area contributed by atoms with E-state index < -0.39 is 6.09 Å². The first-order chi connectivity index (χ1) is 13.1. The third-order valence-corrected chi connectivity index (χ3v) is 4.83. The van der Waals surface area contributed by atoms with Gasteiger partial charge in [-0.2, -0.15) is 0 Å². The lowest BCUT2D eigenvalue weighted by Gasteiger charge is -2.29. The minimum Gasteiger partial charge on any atom is -0.480 e. The highest BCUT2D eigenvalue weighted by atomic mass is 16.5. The lowest BCUT2D eigenvalue weighted by molar-refractivity contribution is 0.183. The molecule has 2 atom stereocenters. The molecule has 1 aliphatic rings. The molecule has 3 heterocycles. The number of piperidine rings is 1. The molecule has 8 nitrogen and oxygen atoms in total. The molecule has 8 heteroatoms. The second-order valence-electron chi connectivity index (χ2n) is 6.60. The number of para-hydroxylation sites is 1. The standard InChI is InChI=1S/C19H21N5O3/c1-27-18-13(8-11-4-2-3-5-14(11)24-18)16-10-21-17(23-16)15-9-12(6-7-20-15)22-19(25)26/h2-5,8,10,12,15,20,22H,6-7,9H2,1H3,(H,21,23)(H,25,26)/t12?,15-/m0/s1. The van der Waals surface area contributed by atoms with E-state index in [2.05, 4.69) is 25.6 Å². The third kappa shape index (κ3) is 3.56. The number of aromatic amines is 1. The Kier molecular flexibility index (Phi) is 4.64. The molecule has 4 rings (SSSR count). The van der Waals surface area contributed by atoms with Crippen LogP contribution >= 0.6 is 0 Å². The number of methoxy groups -OCH3 is 1. The summed E-state index contributed by atoms with van der Waals surface area (Å²) in [5.41, 5.74) is 2.52. The van der Waals surface area contributed by atoms with Gasteiger partial charge in [0.15, 0.2) is 0 Å². The van der Waals surface area contributed by atoms with Gasteiger partial charge in [-0.3, -0.25) is 0 Å². The lowest BCUT2D eigenvalue weighted by Crippen LogP contribution is -2.44. The van der Waals surface area contributed by atoms with Crippen molar-refractivity contribution < 1.29 is 14.6 Å². The summed E-state index contributed by atoms with van der Waals surface area (Å²) < 4.78 is 5.47. The molecule has 1 fully saturated rings. The van der Waals surface area contributed by atoms with Crippen molar-refractivity contribution in [3.8, 4) is 17.1 Å². The van der Waals surface area contributed by atoms with Crippen LogP contribution in [0.3, 0.4) is 0 Å². The number of H-pyrrole nitrogens is 1. The number of aromatic nitrogens is 3. The molecule has 140 valence electrons. The molecule has 0 bridgehead atoms. The molecule has 1 aliphatic heterocycles. The van der Waals surface area contributed by atoms with Crippen molar-refractivity contribution >= 4 is 17.0 Å². The molecule has 1 unspecified atom stereocenters. The largest absolute Gasteiger partial charge is 0.480 e. The number of pyridine rings is 1. The third-order valence-electron chi connectivity index (χ3n) is 4.83. The first kappa shape index (κ1) is 17.3. The van der Waals surface area contributed by atoms with Gasteiger partial charge in [-0.05, 0) is 31.5 Å². The van der Waals surface area contributed by atoms with E-state index in [4.69, 9.17) is 9.84 Å². The fourth-order valence-corrected chi connectivity index (χ4v) is 3.53. The van der Waals surface area contributed by atoms with Gasteiger partial charge < -0.3 is 25.5 Å². The second kappa shape index (κ2) is 7.24. The fraction of sp³-hybridized carbons (Fsp3) is 0.316. The monoisotopic (exact) mass is 367 g/mol. The maximum atomic E-state index is 10.9. The van der Waals surface area contributed by atoms with E-state index in [1.165, 1.54) is 0 Å². The van der Waals surface area contributed by atoms with Crippen molar-refractivity contribution in [2.24, 2.45) is 0 Å². The summed E-state index contributed by atoms with van der Waals surface area (Å²) >= 11 is 0. The van der Waals surface area contributed by atoms with E-state index in [0.29, 0.717) is 12.3 Å². The molecule has 1 saturated heterocycles. The second-order valence-corrected chi connectivity index (χ2v) is 6.60. The van der Waals surface area contributed by atoms with Gasteiger partial charge in [0.25, 0.3) is 0 Å².